The van der Waals surface area contributed by atoms with Gasteiger partial charge in [0.15, 0.2) is 24.6 Å². The summed E-state index contributed by atoms with van der Waals surface area (Å²) in [5.41, 5.74) is 5.80. The van der Waals surface area contributed by atoms with Crippen molar-refractivity contribution in [1.82, 2.24) is 9.47 Å². The van der Waals surface area contributed by atoms with Gasteiger partial charge >= 0.3 is 23.9 Å². The van der Waals surface area contributed by atoms with Crippen molar-refractivity contribution in [3.8, 4) is 0 Å². The maximum atomic E-state index is 12.3. The Morgan fingerprint density at radius 3 is 1.54 bits per heavy atom. The predicted molar refractivity (Wildman–Crippen MR) is 268 cm³/mol. The molecule has 0 aliphatic carbocycles. The average molecular weight is 1150 g/mol. The smallest absolute Gasteiger partial charge is 0.313 e. The Balaban J connectivity index is 0.000000242. The summed E-state index contributed by atoms with van der Waals surface area (Å²) in [4.78, 5) is 88.9. The average Bonchev–Trinajstić information content (AvgIpc) is 4.02. The van der Waals surface area contributed by atoms with Gasteiger partial charge in [0.1, 0.15) is 48.2 Å². The van der Waals surface area contributed by atoms with Gasteiger partial charge in [0, 0.05) is 73.1 Å². The Kier molecular flexibility index (Phi) is 21.8. The molecule has 1 saturated heterocycles. The molecule has 30 nitrogen and oxygen atoms in total. The highest BCUT2D eigenvalue weighted by molar-refractivity contribution is 7.86. The first kappa shape index (κ1) is 61.7. The number of esters is 4. The summed E-state index contributed by atoms with van der Waals surface area (Å²) in [5.74, 6) is -5.06. The summed E-state index contributed by atoms with van der Waals surface area (Å²) in [6.45, 7) is -1.27. The molecule has 7 rings (SSSR count). The van der Waals surface area contributed by atoms with Crippen molar-refractivity contribution in [3.63, 3.8) is 0 Å². The standard InChI is InChI=1S/C19H20N2.C18H24N4O18.C10H8O6S2/c1-20-12-11-19-17(14-20)16-9-5-6-10-18(16)21(19)13-15-7-3-2-4-8-15;23-11(1-5-19(28)29)36-9-10-15(38-12(24)2-6-20(30)31)16(39-13(25)3-7-21(32)33)17(18(27)37-10)40-14(26)4-8-22(34)35;11-17(12,13)9-5-1-3-7-8(9)4-2-6-10(7)18(14,15)16/h2-10H,11-14H2,1H3;10,15-18,27H,1-9H2;1-6H,(H,11,12,13)(H,14,15,16). The number of nitrogens with zero attached hydrogens (tertiary/aromatic N) is 6. The number of fused-ring (bicyclic) bond motifs is 4. The maximum Gasteiger partial charge on any atom is 0.313 e. The third-order valence-corrected chi connectivity index (χ3v) is 13.6. The van der Waals surface area contributed by atoms with Gasteiger partial charge in [0.2, 0.25) is 26.2 Å². The van der Waals surface area contributed by atoms with Gasteiger partial charge in [-0.3, -0.25) is 68.7 Å². The molecule has 1 aromatic heterocycles. The number of aromatic nitrogens is 1. The van der Waals surface area contributed by atoms with E-state index >= 15 is 0 Å². The van der Waals surface area contributed by atoms with Gasteiger partial charge < -0.3 is 38.3 Å². The Morgan fingerprint density at radius 1 is 0.608 bits per heavy atom. The number of aliphatic hydroxyl groups excluding tert-OH is 1. The molecule has 79 heavy (non-hydrogen) atoms. The van der Waals surface area contributed by atoms with E-state index < -0.39 is 163 Å². The zero-order valence-electron chi connectivity index (χ0n) is 41.7. The van der Waals surface area contributed by atoms with Gasteiger partial charge in [-0.1, -0.05) is 72.8 Å². The molecule has 4 aromatic carbocycles. The van der Waals surface area contributed by atoms with Gasteiger partial charge in [-0.05, 0) is 36.4 Å². The lowest BCUT2D eigenvalue weighted by molar-refractivity contribution is -0.479. The van der Waals surface area contributed by atoms with Crippen molar-refractivity contribution in [3.05, 3.63) is 148 Å². The third-order valence-electron chi connectivity index (χ3n) is 11.7. The molecule has 1 fully saturated rings. The first-order chi connectivity index (χ1) is 37.2. The van der Waals surface area contributed by atoms with Crippen LogP contribution in [0.25, 0.3) is 21.7 Å². The molecule has 0 saturated carbocycles. The molecule has 5 atom stereocenters. The Bertz CT molecular complexity index is 3210. The quantitative estimate of drug-likeness (QED) is 0.0312. The molecule has 0 amide bonds. The minimum absolute atomic E-state index is 0.0233. The Morgan fingerprint density at radius 2 is 1.05 bits per heavy atom. The molecule has 5 unspecified atom stereocenters. The van der Waals surface area contributed by atoms with Crippen LogP contribution in [0.15, 0.2) is 101 Å². The SMILES string of the molecule is CN1CCc2c(c3ccccc3n2Cc2ccccc2)C1.O=C(CC[N+](=O)[O-])OCC1OC(O)C(OC(=O)CC[N+](=O)[O-])C(OC(=O)CC[N+](=O)[O-])C1OC(=O)CC[N+](=O)[O-].O=S(=O)(O)c1cccc2c(S(=O)(=O)O)cccc12. The molecule has 2 aliphatic rings. The number of benzene rings is 4. The number of hydrogen-bond acceptors (Lipinski definition) is 23. The van der Waals surface area contributed by atoms with E-state index in [1.807, 2.05) is 0 Å². The van der Waals surface area contributed by atoms with Gasteiger partial charge in [0.25, 0.3) is 20.2 Å². The first-order valence-corrected chi connectivity index (χ1v) is 26.4. The lowest BCUT2D eigenvalue weighted by atomic mass is 9.98. The van der Waals surface area contributed by atoms with Crippen molar-refractivity contribution in [2.24, 2.45) is 0 Å². The van der Waals surface area contributed by atoms with E-state index in [1.165, 1.54) is 52.0 Å². The largest absolute Gasteiger partial charge is 0.463 e. The second-order valence-electron chi connectivity index (χ2n) is 17.4. The van der Waals surface area contributed by atoms with E-state index in [2.05, 4.69) is 71.1 Å². The summed E-state index contributed by atoms with van der Waals surface area (Å²) < 4.78 is 90.3. The molecule has 2 aliphatic heterocycles. The van der Waals surface area contributed by atoms with Gasteiger partial charge in [0.05, 0.1) is 0 Å². The van der Waals surface area contributed by atoms with Gasteiger partial charge in [-0.15, -0.1) is 0 Å². The number of likely N-dealkylation sites (N-methyl/N-ethyl adjacent to an activating group) is 1. The van der Waals surface area contributed by atoms with Crippen LogP contribution in [-0.2, 0) is 82.6 Å². The van der Waals surface area contributed by atoms with E-state index in [9.17, 15) is 81.6 Å². The van der Waals surface area contributed by atoms with E-state index in [0.717, 1.165) is 38.2 Å². The molecular formula is C47H52N6O24S2. The van der Waals surface area contributed by atoms with Crippen LogP contribution >= 0.6 is 0 Å². The van der Waals surface area contributed by atoms with Crippen LogP contribution in [0.2, 0.25) is 0 Å². The van der Waals surface area contributed by atoms with Crippen molar-refractivity contribution in [1.29, 1.82) is 0 Å². The van der Waals surface area contributed by atoms with Crippen LogP contribution in [0.4, 0.5) is 0 Å². The summed E-state index contributed by atoms with van der Waals surface area (Å²) in [5, 5.41) is 54.1. The van der Waals surface area contributed by atoms with E-state index in [-0.39, 0.29) is 10.8 Å². The van der Waals surface area contributed by atoms with Crippen LogP contribution in [0.1, 0.15) is 42.5 Å². The number of rotatable bonds is 21. The summed E-state index contributed by atoms with van der Waals surface area (Å²) in [7, 11) is -6.72. The van der Waals surface area contributed by atoms with Gasteiger partial charge in [-0.25, -0.2) is 0 Å². The van der Waals surface area contributed by atoms with Crippen LogP contribution in [0.5, 0.6) is 0 Å². The van der Waals surface area contributed by atoms with E-state index in [0.29, 0.717) is 0 Å². The Hall–Kier alpha value is -8.14. The van der Waals surface area contributed by atoms with Crippen LogP contribution in [-0.4, -0.2) is 161 Å². The molecule has 426 valence electrons. The normalized spacial score (nSPS) is 18.1. The Labute approximate surface area is 447 Å². The van der Waals surface area contributed by atoms with Crippen molar-refractivity contribution >= 4 is 65.8 Å². The number of aliphatic hydroxyl groups is 1. The minimum Gasteiger partial charge on any atom is -0.463 e. The van der Waals surface area contributed by atoms with E-state index in [4.69, 9.17) is 32.8 Å². The zero-order chi connectivity index (χ0) is 58.2. The first-order valence-electron chi connectivity index (χ1n) is 23.6. The predicted octanol–water partition coefficient (Wildman–Crippen LogP) is 2.66. The fourth-order valence-electron chi connectivity index (χ4n) is 8.23. The van der Waals surface area contributed by atoms with Crippen molar-refractivity contribution in [2.45, 2.75) is 85.7 Å². The monoisotopic (exact) mass is 1150 g/mol. The third kappa shape index (κ3) is 18.2. The van der Waals surface area contributed by atoms with Crippen molar-refractivity contribution in [2.75, 3.05) is 46.4 Å². The molecule has 32 heteroatoms. The highest BCUT2D eigenvalue weighted by Crippen LogP contribution is 2.33. The molecule has 0 spiro atoms. The van der Waals surface area contributed by atoms with Crippen molar-refractivity contribution < 1.29 is 93.6 Å². The fourth-order valence-corrected chi connectivity index (χ4v) is 9.64. The number of nitro groups is 4. The summed E-state index contributed by atoms with van der Waals surface area (Å²) in [6, 6.07) is 27.1. The number of hydrogen-bond donors (Lipinski definition) is 3. The lowest BCUT2D eigenvalue weighted by Crippen LogP contribution is -2.62. The molecule has 3 heterocycles. The van der Waals surface area contributed by atoms with E-state index in [1.54, 1.807) is 0 Å². The summed E-state index contributed by atoms with van der Waals surface area (Å²) in [6.07, 6.45) is -12.0. The summed E-state index contributed by atoms with van der Waals surface area (Å²) >= 11 is 0. The van der Waals surface area contributed by atoms with Crippen LogP contribution in [0.3, 0.4) is 0 Å². The second kappa shape index (κ2) is 28.0. The maximum absolute atomic E-state index is 12.3. The van der Waals surface area contributed by atoms with Crippen LogP contribution in [0, 0.1) is 40.5 Å². The molecular weight excluding hydrogens is 1100 g/mol. The molecule has 0 radical (unpaired) electrons. The molecule has 0 bridgehead atoms. The minimum atomic E-state index is -4.47. The van der Waals surface area contributed by atoms with Crippen LogP contribution < -0.4 is 0 Å². The lowest BCUT2D eigenvalue weighted by Gasteiger charge is -2.42. The highest BCUT2D eigenvalue weighted by atomic mass is 32.2. The number of ether oxygens (including phenoxy) is 5. The number of carbonyl (C=O) groups is 4. The van der Waals surface area contributed by atoms with Gasteiger partial charge in [-0.2, -0.15) is 16.8 Å². The zero-order valence-corrected chi connectivity index (χ0v) is 43.3. The number of carbonyl (C=O) groups excluding carboxylic acids is 4. The molecule has 3 N–H and O–H groups in total. The molecule has 5 aromatic rings. The number of para-hydroxylation sites is 1. The fraction of sp³-hybridized carbons (Fsp3) is 0.404. The topological polar surface area (TPSA) is 424 Å². The second-order valence-corrected chi connectivity index (χ2v) is 20.2. The highest BCUT2D eigenvalue weighted by Gasteiger charge is 2.52.